The van der Waals surface area contributed by atoms with E-state index in [0.29, 0.717) is 5.56 Å². The second-order valence-corrected chi connectivity index (χ2v) is 9.31. The Morgan fingerprint density at radius 2 is 1.69 bits per heavy atom. The van der Waals surface area contributed by atoms with Gasteiger partial charge in [0.1, 0.15) is 22.8 Å². The van der Waals surface area contributed by atoms with E-state index < -0.39 is 51.8 Å². The maximum atomic E-state index is 12.5. The molecule has 2 atom stereocenters. The van der Waals surface area contributed by atoms with Gasteiger partial charge in [-0.2, -0.15) is 8.42 Å². The van der Waals surface area contributed by atoms with Crippen LogP contribution in [0.15, 0.2) is 30.3 Å². The molecule has 0 saturated heterocycles. The Labute approximate surface area is 245 Å². The van der Waals surface area contributed by atoms with E-state index in [1.165, 1.54) is 13.2 Å². The quantitative estimate of drug-likeness (QED) is 0.121. The second-order valence-electron chi connectivity index (χ2n) is 7.61. The molecule has 0 aliphatic rings. The number of benzene rings is 2. The van der Waals surface area contributed by atoms with Crippen LogP contribution in [0.2, 0.25) is 0 Å². The number of ether oxygens (including phenoxy) is 2. The van der Waals surface area contributed by atoms with E-state index in [-0.39, 0.29) is 100 Å². The minimum absolute atomic E-state index is 0. The van der Waals surface area contributed by atoms with Crippen LogP contribution in [-0.4, -0.2) is 127 Å². The van der Waals surface area contributed by atoms with Crippen LogP contribution >= 0.6 is 0 Å². The summed E-state index contributed by atoms with van der Waals surface area (Å²) in [6, 6.07) is 6.83. The predicted molar refractivity (Wildman–Crippen MR) is 126 cm³/mol. The van der Waals surface area contributed by atoms with Crippen LogP contribution in [0.5, 0.6) is 28.7 Å². The Bertz CT molecular complexity index is 1080. The maximum Gasteiger partial charge on any atom is 0.267 e. The average molecular weight is 540 g/mol. The summed E-state index contributed by atoms with van der Waals surface area (Å²) in [5, 5.41) is 47.2. The molecular weight excluding hydrogens is 511 g/mol. The van der Waals surface area contributed by atoms with Crippen molar-refractivity contribution >= 4 is 67.3 Å². The minimum atomic E-state index is -4.51. The number of aromatic hydroxyl groups is 3. The number of carbonyl (C=O) groups excluding carboxylic acids is 1. The fourth-order valence-electron chi connectivity index (χ4n) is 3.30. The molecule has 1 radical (unpaired) electrons. The van der Waals surface area contributed by atoms with Crippen molar-refractivity contribution in [2.45, 2.75) is 37.0 Å². The molecule has 0 aliphatic heterocycles. The molecule has 0 bridgehead atoms. The van der Waals surface area contributed by atoms with E-state index in [9.17, 15) is 38.2 Å². The summed E-state index contributed by atoms with van der Waals surface area (Å²) in [5.74, 6) is -1.49. The molecule has 11 nitrogen and oxygen atoms in total. The minimum Gasteiger partial charge on any atom is -0.507 e. The summed E-state index contributed by atoms with van der Waals surface area (Å²) in [6.07, 6.45) is -1.84. The largest absolute Gasteiger partial charge is 0.507 e. The SMILES string of the molecule is COc1ccc(CCC(=O)c2c(O)cc(OCCC(CC(O)CO)S(=O)(=O)O)cc2O)cc1O.[K]. The first-order valence-electron chi connectivity index (χ1n) is 10.3. The summed E-state index contributed by atoms with van der Waals surface area (Å²) in [7, 11) is -3.10. The van der Waals surface area contributed by atoms with Gasteiger partial charge in [-0.1, -0.05) is 6.07 Å². The van der Waals surface area contributed by atoms with Crippen molar-refractivity contribution in [2.75, 3.05) is 20.3 Å². The summed E-state index contributed by atoms with van der Waals surface area (Å²) in [6.45, 7) is -0.945. The number of hydrogen-bond acceptors (Lipinski definition) is 10. The van der Waals surface area contributed by atoms with E-state index in [4.69, 9.17) is 14.6 Å². The summed E-state index contributed by atoms with van der Waals surface area (Å²) >= 11 is 0. The van der Waals surface area contributed by atoms with Gasteiger partial charge < -0.3 is 35.0 Å². The molecule has 0 spiro atoms. The molecule has 0 fully saturated rings. The van der Waals surface area contributed by atoms with E-state index >= 15 is 0 Å². The molecule has 0 aromatic heterocycles. The third kappa shape index (κ3) is 9.51. The first-order chi connectivity index (χ1) is 16.0. The topological polar surface area (TPSA) is 191 Å². The second kappa shape index (κ2) is 14.3. The molecule has 13 heteroatoms. The van der Waals surface area contributed by atoms with Crippen LogP contribution < -0.4 is 9.47 Å². The van der Waals surface area contributed by atoms with Gasteiger partial charge in [-0.05, 0) is 30.5 Å². The van der Waals surface area contributed by atoms with Crippen LogP contribution in [0, 0.1) is 0 Å². The number of phenols is 3. The standard InChI is InChI=1S/C22H28O11S.K/c1-32-21-5-3-13(8-18(21)26)2-4-17(25)22-19(27)10-15(11-20(22)28)33-7-6-16(34(29,30)31)9-14(24)12-23;/h3,5,8,10-11,14,16,23-24,26-28H,2,4,6-7,9,12H2,1H3,(H,29,30,31);. The fraction of sp³-hybridized carbons (Fsp3) is 0.409. The normalized spacial score (nSPS) is 12.9. The van der Waals surface area contributed by atoms with E-state index in [1.807, 2.05) is 0 Å². The first-order valence-corrected chi connectivity index (χ1v) is 11.8. The summed E-state index contributed by atoms with van der Waals surface area (Å²) in [4.78, 5) is 12.5. The number of phenolic OH excluding ortho intramolecular Hbond substituents is 3. The van der Waals surface area contributed by atoms with E-state index in [0.717, 1.165) is 12.1 Å². The van der Waals surface area contributed by atoms with Gasteiger partial charge in [-0.15, -0.1) is 0 Å². The number of aliphatic hydroxyl groups is 2. The number of methoxy groups -OCH3 is 1. The molecule has 6 N–H and O–H groups in total. The van der Waals surface area contributed by atoms with Gasteiger partial charge in [0.15, 0.2) is 17.3 Å². The molecule has 0 saturated carbocycles. The molecule has 0 amide bonds. The Morgan fingerprint density at radius 1 is 1.06 bits per heavy atom. The number of rotatable bonds is 13. The molecule has 2 rings (SSSR count). The third-order valence-electron chi connectivity index (χ3n) is 5.11. The van der Waals surface area contributed by atoms with Crippen molar-refractivity contribution in [1.29, 1.82) is 0 Å². The Balaban J connectivity index is 0.00000612. The smallest absolute Gasteiger partial charge is 0.267 e. The van der Waals surface area contributed by atoms with Crippen LogP contribution in [0.3, 0.4) is 0 Å². The molecule has 2 aromatic rings. The van der Waals surface area contributed by atoms with Gasteiger partial charge in [-0.25, -0.2) is 0 Å². The van der Waals surface area contributed by atoms with Crippen LogP contribution in [0.1, 0.15) is 35.2 Å². The van der Waals surface area contributed by atoms with E-state index in [2.05, 4.69) is 0 Å². The van der Waals surface area contributed by atoms with Crippen molar-refractivity contribution in [3.05, 3.63) is 41.5 Å². The van der Waals surface area contributed by atoms with Crippen molar-refractivity contribution in [3.63, 3.8) is 0 Å². The van der Waals surface area contributed by atoms with Gasteiger partial charge in [0.05, 0.1) is 31.7 Å². The number of aliphatic hydroxyl groups excluding tert-OH is 2. The first kappa shape index (κ1) is 31.6. The van der Waals surface area contributed by atoms with Crippen molar-refractivity contribution in [3.8, 4) is 28.7 Å². The monoisotopic (exact) mass is 539 g/mol. The molecule has 189 valence electrons. The summed E-state index contributed by atoms with van der Waals surface area (Å²) < 4.78 is 42.4. The molecule has 2 unspecified atom stereocenters. The van der Waals surface area contributed by atoms with Crippen LogP contribution in [0.4, 0.5) is 0 Å². The molecule has 0 aliphatic carbocycles. The maximum absolute atomic E-state index is 12.5. The Hall–Kier alpha value is -1.42. The summed E-state index contributed by atoms with van der Waals surface area (Å²) in [5.41, 5.74) is 0.331. The predicted octanol–water partition coefficient (Wildman–Crippen LogP) is 1.02. The van der Waals surface area contributed by atoms with Crippen molar-refractivity contribution in [2.24, 2.45) is 0 Å². The fourth-order valence-corrected chi connectivity index (χ4v) is 4.16. The van der Waals surface area contributed by atoms with Gasteiger partial charge in [0.2, 0.25) is 0 Å². The molecule has 2 aromatic carbocycles. The van der Waals surface area contributed by atoms with Crippen LogP contribution in [0.25, 0.3) is 0 Å². The van der Waals surface area contributed by atoms with Crippen LogP contribution in [-0.2, 0) is 16.5 Å². The number of carbonyl (C=O) groups is 1. The van der Waals surface area contributed by atoms with Crippen molar-refractivity contribution < 1.29 is 52.8 Å². The average Bonchev–Trinajstić information content (AvgIpc) is 2.75. The van der Waals surface area contributed by atoms with Gasteiger partial charge in [-0.3, -0.25) is 9.35 Å². The van der Waals surface area contributed by atoms with Gasteiger partial charge in [0, 0.05) is 76.4 Å². The number of ketones is 1. The molecule has 35 heavy (non-hydrogen) atoms. The van der Waals surface area contributed by atoms with Crippen molar-refractivity contribution in [1.82, 2.24) is 0 Å². The van der Waals surface area contributed by atoms with Gasteiger partial charge >= 0.3 is 0 Å². The zero-order valence-electron chi connectivity index (χ0n) is 19.4. The Morgan fingerprint density at radius 3 is 2.20 bits per heavy atom. The number of hydrogen-bond donors (Lipinski definition) is 6. The van der Waals surface area contributed by atoms with E-state index in [1.54, 1.807) is 12.1 Å². The zero-order valence-corrected chi connectivity index (χ0v) is 23.4. The van der Waals surface area contributed by atoms with Gasteiger partial charge in [0.25, 0.3) is 10.1 Å². The number of aryl methyl sites for hydroxylation is 1. The third-order valence-corrected chi connectivity index (χ3v) is 6.38. The molecule has 0 heterocycles. The molecular formula is C22H28KO11S. The Kier molecular flexibility index (Phi) is 13.0. The number of Topliss-reactive ketones (excluding diaryl/α,β-unsaturated/α-hetero) is 1. The zero-order chi connectivity index (χ0) is 25.5.